The number of furan rings is 1. The molecule has 0 unspecified atom stereocenters. The van der Waals surface area contributed by atoms with Crippen LogP contribution in [0.3, 0.4) is 0 Å². The predicted octanol–water partition coefficient (Wildman–Crippen LogP) is 3.21. The summed E-state index contributed by atoms with van der Waals surface area (Å²) in [5, 5.41) is 0. The molecule has 0 bridgehead atoms. The summed E-state index contributed by atoms with van der Waals surface area (Å²) in [5.74, 6) is 1.43. The van der Waals surface area contributed by atoms with E-state index in [9.17, 15) is 4.39 Å². The van der Waals surface area contributed by atoms with Crippen molar-refractivity contribution in [1.29, 1.82) is 0 Å². The van der Waals surface area contributed by atoms with Gasteiger partial charge in [0.05, 0.1) is 13.1 Å². The normalized spacial score (nSPS) is 10.7. The van der Waals surface area contributed by atoms with E-state index in [4.69, 9.17) is 10.2 Å². The fourth-order valence-corrected chi connectivity index (χ4v) is 2.12. The fourth-order valence-electron chi connectivity index (χ4n) is 2.12. The van der Waals surface area contributed by atoms with Crippen molar-refractivity contribution in [3.8, 4) is 0 Å². The molecule has 1 aromatic carbocycles. The SMILES string of the molecule is CCN(Cc1cc(C)c(CN)o1)c1cccc(F)c1. The van der Waals surface area contributed by atoms with Gasteiger partial charge in [0.25, 0.3) is 0 Å². The summed E-state index contributed by atoms with van der Waals surface area (Å²) in [5.41, 5.74) is 7.52. The number of hydrogen-bond donors (Lipinski definition) is 1. The first-order valence-electron chi connectivity index (χ1n) is 6.42. The van der Waals surface area contributed by atoms with Crippen molar-refractivity contribution in [1.82, 2.24) is 0 Å². The quantitative estimate of drug-likeness (QED) is 0.899. The van der Waals surface area contributed by atoms with Crippen LogP contribution in [0.25, 0.3) is 0 Å². The summed E-state index contributed by atoms with van der Waals surface area (Å²) < 4.78 is 18.9. The summed E-state index contributed by atoms with van der Waals surface area (Å²) >= 11 is 0. The van der Waals surface area contributed by atoms with Crippen LogP contribution in [0.5, 0.6) is 0 Å². The van der Waals surface area contributed by atoms with Crippen LogP contribution in [0.1, 0.15) is 24.0 Å². The standard InChI is InChI=1S/C15H19FN2O/c1-3-18(13-6-4-5-12(16)8-13)10-14-7-11(2)15(9-17)19-14/h4-8H,3,9-10,17H2,1-2H3. The third kappa shape index (κ3) is 3.15. The molecule has 0 aliphatic heterocycles. The zero-order valence-corrected chi connectivity index (χ0v) is 11.3. The molecule has 0 aliphatic carbocycles. The Bertz CT molecular complexity index is 551. The van der Waals surface area contributed by atoms with Crippen LogP contribution in [0.4, 0.5) is 10.1 Å². The van der Waals surface area contributed by atoms with Gasteiger partial charge in [-0.05, 0) is 43.7 Å². The number of nitrogens with two attached hydrogens (primary N) is 1. The minimum atomic E-state index is -0.228. The predicted molar refractivity (Wildman–Crippen MR) is 74.5 cm³/mol. The smallest absolute Gasteiger partial charge is 0.125 e. The van der Waals surface area contributed by atoms with E-state index in [1.54, 1.807) is 6.07 Å². The van der Waals surface area contributed by atoms with Crippen molar-refractivity contribution in [2.45, 2.75) is 26.9 Å². The number of benzene rings is 1. The average molecular weight is 262 g/mol. The Morgan fingerprint density at radius 3 is 2.68 bits per heavy atom. The highest BCUT2D eigenvalue weighted by molar-refractivity contribution is 5.46. The van der Waals surface area contributed by atoms with Gasteiger partial charge < -0.3 is 15.1 Å². The zero-order chi connectivity index (χ0) is 13.8. The van der Waals surface area contributed by atoms with Crippen LogP contribution < -0.4 is 10.6 Å². The van der Waals surface area contributed by atoms with Crippen LogP contribution in [-0.4, -0.2) is 6.54 Å². The lowest BCUT2D eigenvalue weighted by atomic mass is 10.2. The van der Waals surface area contributed by atoms with E-state index in [0.29, 0.717) is 13.1 Å². The molecule has 0 fully saturated rings. The van der Waals surface area contributed by atoms with E-state index in [1.807, 2.05) is 26.0 Å². The molecule has 2 aromatic rings. The maximum Gasteiger partial charge on any atom is 0.125 e. The van der Waals surface area contributed by atoms with Crippen LogP contribution in [0.15, 0.2) is 34.7 Å². The van der Waals surface area contributed by atoms with Crippen molar-refractivity contribution >= 4 is 5.69 Å². The second kappa shape index (κ2) is 5.89. The summed E-state index contributed by atoms with van der Waals surface area (Å²) in [6.07, 6.45) is 0. The first-order chi connectivity index (χ1) is 9.13. The Morgan fingerprint density at radius 2 is 2.11 bits per heavy atom. The van der Waals surface area contributed by atoms with Gasteiger partial charge in [-0.25, -0.2) is 4.39 Å². The lowest BCUT2D eigenvalue weighted by Crippen LogP contribution is -2.21. The van der Waals surface area contributed by atoms with Gasteiger partial charge in [0.2, 0.25) is 0 Å². The van der Waals surface area contributed by atoms with Gasteiger partial charge >= 0.3 is 0 Å². The van der Waals surface area contributed by atoms with E-state index in [0.717, 1.165) is 29.3 Å². The Balaban J connectivity index is 2.18. The second-order valence-electron chi connectivity index (χ2n) is 4.52. The van der Waals surface area contributed by atoms with Crippen LogP contribution in [0, 0.1) is 12.7 Å². The molecule has 0 saturated carbocycles. The molecule has 0 aliphatic rings. The van der Waals surface area contributed by atoms with Gasteiger partial charge in [-0.1, -0.05) is 6.07 Å². The molecule has 19 heavy (non-hydrogen) atoms. The van der Waals surface area contributed by atoms with Crippen LogP contribution in [-0.2, 0) is 13.1 Å². The molecule has 2 rings (SSSR count). The maximum absolute atomic E-state index is 13.3. The number of hydrogen-bond acceptors (Lipinski definition) is 3. The first kappa shape index (κ1) is 13.6. The molecule has 0 amide bonds. The van der Waals surface area contributed by atoms with E-state index in [-0.39, 0.29) is 5.82 Å². The van der Waals surface area contributed by atoms with E-state index in [1.165, 1.54) is 12.1 Å². The second-order valence-corrected chi connectivity index (χ2v) is 4.52. The molecule has 0 radical (unpaired) electrons. The zero-order valence-electron chi connectivity index (χ0n) is 11.3. The van der Waals surface area contributed by atoms with E-state index >= 15 is 0 Å². The molecular formula is C15H19FN2O. The van der Waals surface area contributed by atoms with Crippen molar-refractivity contribution in [3.05, 3.63) is 53.2 Å². The monoisotopic (exact) mass is 262 g/mol. The van der Waals surface area contributed by atoms with Crippen molar-refractivity contribution in [2.24, 2.45) is 5.73 Å². The number of aryl methyl sites for hydroxylation is 1. The highest BCUT2D eigenvalue weighted by Crippen LogP contribution is 2.21. The molecule has 0 atom stereocenters. The Hall–Kier alpha value is -1.81. The average Bonchev–Trinajstić information content (AvgIpc) is 2.76. The molecule has 0 saturated heterocycles. The molecule has 4 heteroatoms. The minimum absolute atomic E-state index is 0.228. The number of rotatable bonds is 5. The third-order valence-corrected chi connectivity index (χ3v) is 3.16. The van der Waals surface area contributed by atoms with Crippen LogP contribution in [0.2, 0.25) is 0 Å². The van der Waals surface area contributed by atoms with Crippen molar-refractivity contribution < 1.29 is 8.81 Å². The van der Waals surface area contributed by atoms with Gasteiger partial charge in [0.1, 0.15) is 17.3 Å². The molecule has 0 spiro atoms. The molecule has 102 valence electrons. The lowest BCUT2D eigenvalue weighted by Gasteiger charge is -2.21. The van der Waals surface area contributed by atoms with Crippen molar-refractivity contribution in [2.75, 3.05) is 11.4 Å². The Labute approximate surface area is 112 Å². The van der Waals surface area contributed by atoms with Gasteiger partial charge in [-0.15, -0.1) is 0 Å². The molecule has 3 nitrogen and oxygen atoms in total. The van der Waals surface area contributed by atoms with E-state index < -0.39 is 0 Å². The van der Waals surface area contributed by atoms with Gasteiger partial charge in [-0.3, -0.25) is 0 Å². The first-order valence-corrected chi connectivity index (χ1v) is 6.42. The summed E-state index contributed by atoms with van der Waals surface area (Å²) in [6.45, 7) is 5.80. The van der Waals surface area contributed by atoms with Gasteiger partial charge in [0.15, 0.2) is 0 Å². The third-order valence-electron chi connectivity index (χ3n) is 3.16. The highest BCUT2D eigenvalue weighted by atomic mass is 19.1. The topological polar surface area (TPSA) is 42.4 Å². The van der Waals surface area contributed by atoms with Crippen LogP contribution >= 0.6 is 0 Å². The number of anilines is 1. The fraction of sp³-hybridized carbons (Fsp3) is 0.333. The molecule has 1 aromatic heterocycles. The number of halogens is 1. The summed E-state index contributed by atoms with van der Waals surface area (Å²) in [7, 11) is 0. The minimum Gasteiger partial charge on any atom is -0.463 e. The molecular weight excluding hydrogens is 243 g/mol. The largest absolute Gasteiger partial charge is 0.463 e. The maximum atomic E-state index is 13.3. The highest BCUT2D eigenvalue weighted by Gasteiger charge is 2.11. The van der Waals surface area contributed by atoms with Crippen molar-refractivity contribution in [3.63, 3.8) is 0 Å². The summed E-state index contributed by atoms with van der Waals surface area (Å²) in [6, 6.07) is 8.58. The Kier molecular flexibility index (Phi) is 4.22. The molecule has 2 N–H and O–H groups in total. The molecule has 1 heterocycles. The summed E-state index contributed by atoms with van der Waals surface area (Å²) in [4.78, 5) is 2.06. The lowest BCUT2D eigenvalue weighted by molar-refractivity contribution is 0.461. The number of nitrogens with zero attached hydrogens (tertiary/aromatic N) is 1. The van der Waals surface area contributed by atoms with E-state index in [2.05, 4.69) is 4.90 Å². The van der Waals surface area contributed by atoms with Gasteiger partial charge in [0, 0.05) is 12.2 Å². The Morgan fingerprint density at radius 1 is 1.32 bits per heavy atom. The van der Waals surface area contributed by atoms with Gasteiger partial charge in [-0.2, -0.15) is 0 Å².